The summed E-state index contributed by atoms with van der Waals surface area (Å²) in [5, 5.41) is 0. The molecule has 0 spiro atoms. The summed E-state index contributed by atoms with van der Waals surface area (Å²) in [7, 11) is 4.09. The molecule has 0 saturated carbocycles. The average Bonchev–Trinajstić information content (AvgIpc) is 2.17. The summed E-state index contributed by atoms with van der Waals surface area (Å²) < 4.78 is 0. The van der Waals surface area contributed by atoms with Gasteiger partial charge in [-0.15, -0.1) is 0 Å². The number of likely N-dealkylation sites (N-methyl/N-ethyl adjacent to an activating group) is 1. The molecule has 2 N–H and O–H groups in total. The zero-order chi connectivity index (χ0) is 11.6. The maximum Gasteiger partial charge on any atom is 0.0491 e. The number of aromatic nitrogens is 1. The Kier molecular flexibility index (Phi) is 3.47. The number of aryl methyl sites for hydroxylation is 1. The van der Waals surface area contributed by atoms with Crippen molar-refractivity contribution in [1.29, 1.82) is 0 Å². The van der Waals surface area contributed by atoms with Crippen LogP contribution >= 0.6 is 0 Å². The van der Waals surface area contributed by atoms with Gasteiger partial charge in [-0.2, -0.15) is 0 Å². The second-order valence-electron chi connectivity index (χ2n) is 4.76. The third-order valence-corrected chi connectivity index (χ3v) is 3.21. The Morgan fingerprint density at radius 2 is 1.93 bits per heavy atom. The molecule has 1 aromatic rings. The van der Waals surface area contributed by atoms with Crippen LogP contribution in [0.4, 0.5) is 0 Å². The summed E-state index contributed by atoms with van der Waals surface area (Å²) in [4.78, 5) is 6.41. The lowest BCUT2D eigenvalue weighted by Gasteiger charge is -2.38. The summed E-state index contributed by atoms with van der Waals surface area (Å²) in [6, 6.07) is 4.03. The Labute approximate surface area is 92.3 Å². The molecule has 0 radical (unpaired) electrons. The van der Waals surface area contributed by atoms with Crippen molar-refractivity contribution in [3.05, 3.63) is 29.6 Å². The van der Waals surface area contributed by atoms with E-state index in [0.717, 1.165) is 11.3 Å². The van der Waals surface area contributed by atoms with E-state index in [2.05, 4.69) is 29.8 Å². The van der Waals surface area contributed by atoms with E-state index in [1.165, 1.54) is 0 Å². The molecular weight excluding hydrogens is 186 g/mol. The van der Waals surface area contributed by atoms with Gasteiger partial charge >= 0.3 is 0 Å². The second kappa shape index (κ2) is 4.29. The first kappa shape index (κ1) is 12.1. The maximum absolute atomic E-state index is 6.24. The summed E-state index contributed by atoms with van der Waals surface area (Å²) in [5.41, 5.74) is 8.27. The number of nitrogens with two attached hydrogens (primary N) is 1. The molecule has 0 aliphatic heterocycles. The predicted octanol–water partition coefficient (Wildman–Crippen LogP) is 1.73. The van der Waals surface area contributed by atoms with Gasteiger partial charge in [0.2, 0.25) is 0 Å². The molecule has 0 amide bonds. The lowest BCUT2D eigenvalue weighted by atomic mass is 9.89. The summed E-state index contributed by atoms with van der Waals surface area (Å²) in [5.74, 6) is 0. The molecule has 1 rings (SSSR count). The fourth-order valence-electron chi connectivity index (χ4n) is 1.35. The fraction of sp³-hybridized carbons (Fsp3) is 0.583. The monoisotopic (exact) mass is 207 g/mol. The topological polar surface area (TPSA) is 42.1 Å². The first-order valence-electron chi connectivity index (χ1n) is 5.21. The average molecular weight is 207 g/mol. The molecule has 15 heavy (non-hydrogen) atoms. The molecule has 0 fully saturated rings. The van der Waals surface area contributed by atoms with Crippen molar-refractivity contribution in [2.45, 2.75) is 32.4 Å². The molecule has 84 valence electrons. The highest BCUT2D eigenvalue weighted by molar-refractivity contribution is 5.20. The largest absolute Gasteiger partial charge is 0.322 e. The van der Waals surface area contributed by atoms with Crippen molar-refractivity contribution in [2.24, 2.45) is 5.73 Å². The molecule has 1 atom stereocenters. The van der Waals surface area contributed by atoms with E-state index in [9.17, 15) is 0 Å². The van der Waals surface area contributed by atoms with Gasteiger partial charge in [0.05, 0.1) is 0 Å². The lowest BCUT2D eigenvalue weighted by Crippen LogP contribution is -2.47. The van der Waals surface area contributed by atoms with Crippen LogP contribution in [-0.2, 0) is 0 Å². The minimum absolute atomic E-state index is 0.0272. The number of rotatable bonds is 3. The fourth-order valence-corrected chi connectivity index (χ4v) is 1.35. The van der Waals surface area contributed by atoms with Crippen LogP contribution in [0.1, 0.15) is 31.1 Å². The third kappa shape index (κ3) is 2.55. The number of hydrogen-bond acceptors (Lipinski definition) is 3. The second-order valence-corrected chi connectivity index (χ2v) is 4.76. The molecular formula is C12H21N3. The van der Waals surface area contributed by atoms with Crippen LogP contribution in [0.2, 0.25) is 0 Å². The predicted molar refractivity (Wildman–Crippen MR) is 63.7 cm³/mol. The summed E-state index contributed by atoms with van der Waals surface area (Å²) in [6.45, 7) is 6.25. The van der Waals surface area contributed by atoms with Gasteiger partial charge in [0.15, 0.2) is 0 Å². The standard InChI is InChI=1S/C12H21N3/c1-9-6-7-10(8-14-9)11(13)12(2,3)15(4)5/h6-8,11H,13H2,1-5H3. The van der Waals surface area contributed by atoms with E-state index in [1.54, 1.807) is 0 Å². The van der Waals surface area contributed by atoms with Crippen LogP contribution in [0.5, 0.6) is 0 Å². The van der Waals surface area contributed by atoms with Gasteiger partial charge in [-0.05, 0) is 46.5 Å². The van der Waals surface area contributed by atoms with Crippen LogP contribution in [0.3, 0.4) is 0 Å². The number of hydrogen-bond donors (Lipinski definition) is 1. The van der Waals surface area contributed by atoms with Crippen LogP contribution in [0, 0.1) is 6.92 Å². The van der Waals surface area contributed by atoms with Gasteiger partial charge < -0.3 is 10.6 Å². The van der Waals surface area contributed by atoms with E-state index in [4.69, 9.17) is 5.73 Å². The first-order chi connectivity index (χ1) is 6.85. The van der Waals surface area contributed by atoms with Crippen molar-refractivity contribution in [3.8, 4) is 0 Å². The van der Waals surface area contributed by atoms with Crippen molar-refractivity contribution >= 4 is 0 Å². The molecule has 0 bridgehead atoms. The summed E-state index contributed by atoms with van der Waals surface area (Å²) >= 11 is 0. The zero-order valence-corrected chi connectivity index (χ0v) is 10.3. The molecule has 1 aromatic heterocycles. The lowest BCUT2D eigenvalue weighted by molar-refractivity contribution is 0.159. The number of nitrogens with zero attached hydrogens (tertiary/aromatic N) is 2. The highest BCUT2D eigenvalue weighted by Crippen LogP contribution is 2.26. The molecule has 0 aliphatic rings. The quantitative estimate of drug-likeness (QED) is 0.820. The van der Waals surface area contributed by atoms with Gasteiger partial charge in [0, 0.05) is 23.5 Å². The molecule has 3 nitrogen and oxygen atoms in total. The van der Waals surface area contributed by atoms with Crippen LogP contribution < -0.4 is 5.73 Å². The van der Waals surface area contributed by atoms with Crippen molar-refractivity contribution in [2.75, 3.05) is 14.1 Å². The van der Waals surface area contributed by atoms with E-state index < -0.39 is 0 Å². The highest BCUT2D eigenvalue weighted by atomic mass is 15.2. The molecule has 3 heteroatoms. The smallest absolute Gasteiger partial charge is 0.0491 e. The number of pyridine rings is 1. The van der Waals surface area contributed by atoms with E-state index in [-0.39, 0.29) is 11.6 Å². The van der Waals surface area contributed by atoms with Crippen molar-refractivity contribution < 1.29 is 0 Å². The molecule has 0 aromatic carbocycles. The molecule has 0 saturated heterocycles. The third-order valence-electron chi connectivity index (χ3n) is 3.21. The maximum atomic E-state index is 6.24. The minimum atomic E-state index is -0.0725. The van der Waals surface area contributed by atoms with E-state index >= 15 is 0 Å². The van der Waals surface area contributed by atoms with Crippen LogP contribution in [0.15, 0.2) is 18.3 Å². The van der Waals surface area contributed by atoms with Crippen LogP contribution in [0.25, 0.3) is 0 Å². The Hall–Kier alpha value is -0.930. The van der Waals surface area contributed by atoms with Crippen molar-refractivity contribution in [1.82, 2.24) is 9.88 Å². The van der Waals surface area contributed by atoms with E-state index in [0.29, 0.717) is 0 Å². The zero-order valence-electron chi connectivity index (χ0n) is 10.3. The van der Waals surface area contributed by atoms with Crippen molar-refractivity contribution in [3.63, 3.8) is 0 Å². The minimum Gasteiger partial charge on any atom is -0.322 e. The van der Waals surface area contributed by atoms with Gasteiger partial charge in [-0.3, -0.25) is 4.98 Å². The molecule has 1 heterocycles. The Morgan fingerprint density at radius 3 is 2.33 bits per heavy atom. The van der Waals surface area contributed by atoms with Gasteiger partial charge in [-0.1, -0.05) is 6.07 Å². The van der Waals surface area contributed by atoms with Gasteiger partial charge in [0.1, 0.15) is 0 Å². The SMILES string of the molecule is Cc1ccc(C(N)C(C)(C)N(C)C)cn1. The van der Waals surface area contributed by atoms with E-state index in [1.807, 2.05) is 33.3 Å². The van der Waals surface area contributed by atoms with Gasteiger partial charge in [-0.25, -0.2) is 0 Å². The van der Waals surface area contributed by atoms with Gasteiger partial charge in [0.25, 0.3) is 0 Å². The highest BCUT2D eigenvalue weighted by Gasteiger charge is 2.29. The molecule has 1 unspecified atom stereocenters. The normalized spacial score (nSPS) is 14.3. The Bertz CT molecular complexity index is 314. The molecule has 0 aliphatic carbocycles. The Morgan fingerprint density at radius 1 is 1.33 bits per heavy atom. The summed E-state index contributed by atoms with van der Waals surface area (Å²) in [6.07, 6.45) is 1.87. The Balaban J connectivity index is 2.94. The first-order valence-corrected chi connectivity index (χ1v) is 5.21. The van der Waals surface area contributed by atoms with Crippen LogP contribution in [-0.4, -0.2) is 29.5 Å².